The zero-order valence-corrected chi connectivity index (χ0v) is 34.7. The number of amidine groups is 1. The van der Waals surface area contributed by atoms with Gasteiger partial charge < -0.3 is 4.90 Å². The van der Waals surface area contributed by atoms with Crippen LogP contribution in [0.25, 0.3) is 67.0 Å². The SMILES string of the molecule is CC12C=c3ccccc3=CC1c1ccccc1N2c1ccc2c3cc4ccccc4cc3n(C3=[N+](c4cccc(-c5ccccc5)c4)C(c4ccc(-c5ccccc5)cc4)=N3)c2c1. The Morgan fingerprint density at radius 3 is 1.90 bits per heavy atom. The number of anilines is 2. The lowest BCUT2D eigenvalue weighted by Gasteiger charge is -2.39. The number of hydrogen-bond donors (Lipinski definition) is 0. The second kappa shape index (κ2) is 13.7. The molecule has 63 heavy (non-hydrogen) atoms. The zero-order valence-electron chi connectivity index (χ0n) is 34.7. The Labute approximate surface area is 365 Å². The van der Waals surface area contributed by atoms with E-state index in [1.807, 2.05) is 0 Å². The first kappa shape index (κ1) is 35.7. The monoisotopic (exact) mass is 805 g/mol. The molecule has 2 unspecified atom stereocenters. The van der Waals surface area contributed by atoms with E-state index in [0.29, 0.717) is 0 Å². The Hall–Kier alpha value is -8.08. The molecule has 0 saturated carbocycles. The van der Waals surface area contributed by atoms with Crippen molar-refractivity contribution in [3.8, 4) is 22.3 Å². The van der Waals surface area contributed by atoms with Gasteiger partial charge in [0.05, 0.1) is 11.2 Å². The maximum atomic E-state index is 5.54. The Morgan fingerprint density at radius 2 is 1.11 bits per heavy atom. The van der Waals surface area contributed by atoms with Crippen LogP contribution in [0.3, 0.4) is 0 Å². The Kier molecular flexibility index (Phi) is 7.76. The van der Waals surface area contributed by atoms with Gasteiger partial charge in [-0.1, -0.05) is 169 Å². The number of para-hydroxylation sites is 1. The molecule has 0 fully saturated rings. The van der Waals surface area contributed by atoms with Crippen LogP contribution in [0.15, 0.2) is 217 Å². The van der Waals surface area contributed by atoms with E-state index >= 15 is 0 Å². The summed E-state index contributed by atoms with van der Waals surface area (Å²) in [6, 6.07) is 77.1. The minimum atomic E-state index is -0.317. The topological polar surface area (TPSA) is 23.5 Å². The third-order valence-electron chi connectivity index (χ3n) is 13.6. The second-order valence-electron chi connectivity index (χ2n) is 17.2. The van der Waals surface area contributed by atoms with Crippen LogP contribution in [0.4, 0.5) is 17.1 Å². The van der Waals surface area contributed by atoms with E-state index in [2.05, 4.69) is 245 Å². The molecule has 0 spiro atoms. The smallest absolute Gasteiger partial charge is 0.331 e. The molecule has 9 aromatic carbocycles. The standard InChI is InChI=1S/C59H41N4/c1-59-38-47-22-11-10-20-45(47)35-53(59)51-25-12-13-26-54(51)63(59)49-31-32-50-52-34-44-19-8-9-21-46(44)36-55(52)62(56(50)37-49)58-60-57(42-29-27-41(28-30-42)39-15-4-2-5-16-39)61(58)48-24-14-23-43(33-48)40-17-6-3-7-18-40/h2-38,53H,1H3/q+1. The molecular weight excluding hydrogens is 765 g/mol. The molecule has 3 heterocycles. The molecule has 13 rings (SSSR count). The van der Waals surface area contributed by atoms with Crippen molar-refractivity contribution >= 4 is 73.6 Å². The summed E-state index contributed by atoms with van der Waals surface area (Å²) in [4.78, 5) is 8.12. The third kappa shape index (κ3) is 5.48. The van der Waals surface area contributed by atoms with Crippen molar-refractivity contribution in [1.82, 2.24) is 4.57 Å². The lowest BCUT2D eigenvalue weighted by atomic mass is 9.79. The number of fused-ring (bicyclic) bond motifs is 8. The van der Waals surface area contributed by atoms with E-state index < -0.39 is 0 Å². The first-order chi connectivity index (χ1) is 31.1. The van der Waals surface area contributed by atoms with Gasteiger partial charge in [0.2, 0.25) is 0 Å². The highest BCUT2D eigenvalue weighted by Crippen LogP contribution is 2.54. The number of aromatic nitrogens is 1. The average molecular weight is 806 g/mol. The van der Waals surface area contributed by atoms with Crippen molar-refractivity contribution in [1.29, 1.82) is 0 Å². The van der Waals surface area contributed by atoms with Crippen LogP contribution >= 0.6 is 0 Å². The van der Waals surface area contributed by atoms with Crippen LogP contribution in [0.1, 0.15) is 24.0 Å². The molecule has 1 aromatic heterocycles. The van der Waals surface area contributed by atoms with Crippen LogP contribution in [-0.2, 0) is 0 Å². The summed E-state index contributed by atoms with van der Waals surface area (Å²) in [6.07, 6.45) is 4.96. The van der Waals surface area contributed by atoms with E-state index in [1.54, 1.807) is 0 Å². The Morgan fingerprint density at radius 1 is 0.492 bits per heavy atom. The summed E-state index contributed by atoms with van der Waals surface area (Å²) in [5.74, 6) is 1.98. The fraction of sp³-hybridized carbons (Fsp3) is 0.0508. The quantitative estimate of drug-likeness (QED) is 0.159. The van der Waals surface area contributed by atoms with Crippen molar-refractivity contribution in [2.24, 2.45) is 4.99 Å². The summed E-state index contributed by atoms with van der Waals surface area (Å²) in [6.45, 7) is 2.40. The summed E-state index contributed by atoms with van der Waals surface area (Å²) in [7, 11) is 0. The van der Waals surface area contributed by atoms with Crippen LogP contribution < -0.4 is 15.3 Å². The van der Waals surface area contributed by atoms with Crippen molar-refractivity contribution in [2.45, 2.75) is 18.4 Å². The van der Waals surface area contributed by atoms with Gasteiger partial charge in [0.15, 0.2) is 0 Å². The number of rotatable bonds is 5. The first-order valence-electron chi connectivity index (χ1n) is 21.8. The Bertz CT molecular complexity index is 3690. The van der Waals surface area contributed by atoms with E-state index in [9.17, 15) is 0 Å². The van der Waals surface area contributed by atoms with Crippen LogP contribution in [0.5, 0.6) is 0 Å². The molecule has 2 atom stereocenters. The maximum Gasteiger partial charge on any atom is 0.367 e. The lowest BCUT2D eigenvalue weighted by Crippen LogP contribution is -2.47. The molecular formula is C59H41N4+. The van der Waals surface area contributed by atoms with Gasteiger partial charge in [-0.15, -0.1) is 0 Å². The number of hydrogen-bond acceptors (Lipinski definition) is 2. The van der Waals surface area contributed by atoms with Gasteiger partial charge in [-0.3, -0.25) is 0 Å². The highest BCUT2D eigenvalue weighted by molar-refractivity contribution is 6.21. The van der Waals surface area contributed by atoms with Crippen molar-refractivity contribution in [2.75, 3.05) is 4.90 Å². The van der Waals surface area contributed by atoms with Crippen LogP contribution in [0.2, 0.25) is 0 Å². The molecule has 0 saturated heterocycles. The second-order valence-corrected chi connectivity index (χ2v) is 17.2. The highest BCUT2D eigenvalue weighted by atomic mass is 15.4. The van der Waals surface area contributed by atoms with Gasteiger partial charge >= 0.3 is 5.96 Å². The fourth-order valence-corrected chi connectivity index (χ4v) is 10.6. The molecule has 296 valence electrons. The normalized spacial score (nSPS) is 17.4. The largest absolute Gasteiger partial charge is 0.367 e. The van der Waals surface area contributed by atoms with Gasteiger partial charge in [-0.2, -0.15) is 4.58 Å². The number of nitrogens with zero attached hydrogens (tertiary/aromatic N) is 4. The molecule has 1 aliphatic carbocycles. The molecule has 0 amide bonds. The Balaban J connectivity index is 1.06. The summed E-state index contributed by atoms with van der Waals surface area (Å²) < 4.78 is 4.76. The van der Waals surface area contributed by atoms with Gasteiger partial charge in [0.1, 0.15) is 11.0 Å². The molecule has 2 aliphatic heterocycles. The molecule has 10 aromatic rings. The summed E-state index contributed by atoms with van der Waals surface area (Å²) >= 11 is 0. The summed E-state index contributed by atoms with van der Waals surface area (Å²) in [5, 5.41) is 7.38. The predicted molar refractivity (Wildman–Crippen MR) is 262 cm³/mol. The van der Waals surface area contributed by atoms with Gasteiger partial charge in [0, 0.05) is 33.6 Å². The summed E-state index contributed by atoms with van der Waals surface area (Å²) in [5.41, 5.74) is 12.5. The fourth-order valence-electron chi connectivity index (χ4n) is 10.6. The lowest BCUT2D eigenvalue weighted by molar-refractivity contribution is -0.323. The highest BCUT2D eigenvalue weighted by Gasteiger charge is 2.47. The third-order valence-corrected chi connectivity index (χ3v) is 13.6. The van der Waals surface area contributed by atoms with Crippen molar-refractivity contribution < 1.29 is 4.58 Å². The first-order valence-corrected chi connectivity index (χ1v) is 21.8. The minimum absolute atomic E-state index is 0.198. The molecule has 4 heteroatoms. The van der Waals surface area contributed by atoms with E-state index in [-0.39, 0.29) is 11.5 Å². The predicted octanol–water partition coefficient (Wildman–Crippen LogP) is 12.6. The number of benzene rings is 9. The van der Waals surface area contributed by atoms with Gasteiger partial charge in [-0.05, 0) is 117 Å². The van der Waals surface area contributed by atoms with E-state index in [4.69, 9.17) is 4.99 Å². The number of aliphatic imine (C=N–C) groups is 1. The van der Waals surface area contributed by atoms with Gasteiger partial charge in [0.25, 0.3) is 5.84 Å². The minimum Gasteiger partial charge on any atom is -0.331 e. The van der Waals surface area contributed by atoms with Crippen molar-refractivity contribution in [3.63, 3.8) is 0 Å². The van der Waals surface area contributed by atoms with Crippen LogP contribution in [0, 0.1) is 0 Å². The average Bonchev–Trinajstić information content (AvgIpc) is 3.77. The zero-order chi connectivity index (χ0) is 41.6. The molecule has 0 N–H and O–H groups in total. The molecule has 0 bridgehead atoms. The van der Waals surface area contributed by atoms with E-state index in [1.165, 1.54) is 59.9 Å². The maximum absolute atomic E-state index is 5.54. The van der Waals surface area contributed by atoms with Crippen LogP contribution in [-0.4, -0.2) is 26.5 Å². The molecule has 4 nitrogen and oxygen atoms in total. The van der Waals surface area contributed by atoms with E-state index in [0.717, 1.165) is 45.3 Å². The molecule has 0 radical (unpaired) electrons. The van der Waals surface area contributed by atoms with Gasteiger partial charge in [-0.25, -0.2) is 4.57 Å². The molecule has 3 aliphatic rings. The van der Waals surface area contributed by atoms with Crippen molar-refractivity contribution in [3.05, 3.63) is 234 Å².